The topological polar surface area (TPSA) is 52.2 Å². The molecule has 5 rings (SSSR count). The van der Waals surface area contributed by atoms with Gasteiger partial charge in [0, 0.05) is 33.9 Å². The van der Waals surface area contributed by atoms with E-state index in [0.29, 0.717) is 5.56 Å². The molecule has 1 N–H and O–H groups in total. The van der Waals surface area contributed by atoms with E-state index in [1.54, 1.807) is 29.1 Å². The fraction of sp³-hybridized carbons (Fsp3) is 0.125. The first-order valence-corrected chi connectivity index (χ1v) is 9.74. The normalized spacial score (nSPS) is 11.4. The molecule has 0 atom stereocenters. The predicted octanol–water partition coefficient (Wildman–Crippen LogP) is 5.52. The van der Waals surface area contributed by atoms with Crippen molar-refractivity contribution < 1.29 is 14.2 Å². The molecule has 5 nitrogen and oxygen atoms in total. The Hall–Kier alpha value is -3.80. The number of aromatic hydroxyl groups is 1. The van der Waals surface area contributed by atoms with Crippen molar-refractivity contribution in [3.8, 4) is 28.4 Å². The van der Waals surface area contributed by atoms with E-state index in [-0.39, 0.29) is 11.5 Å². The Morgan fingerprint density at radius 1 is 0.967 bits per heavy atom. The van der Waals surface area contributed by atoms with Crippen molar-refractivity contribution in [2.45, 2.75) is 13.5 Å². The number of aryl methyl sites for hydroxylation is 1. The fourth-order valence-electron chi connectivity index (χ4n) is 4.11. The largest absolute Gasteiger partial charge is 0.508 e. The molecule has 150 valence electrons. The maximum Gasteiger partial charge on any atom is 0.165 e. The van der Waals surface area contributed by atoms with Crippen LogP contribution in [0.4, 0.5) is 4.39 Å². The number of halogens is 1. The van der Waals surface area contributed by atoms with Crippen LogP contribution >= 0.6 is 0 Å². The molecule has 5 aromatic rings. The number of benzene rings is 3. The van der Waals surface area contributed by atoms with Gasteiger partial charge in [-0.05, 0) is 67.6 Å². The molecular weight excluding hydrogens is 381 g/mol. The third-order valence-corrected chi connectivity index (χ3v) is 5.48. The lowest BCUT2D eigenvalue weighted by Gasteiger charge is -2.10. The van der Waals surface area contributed by atoms with Gasteiger partial charge in [-0.3, -0.25) is 0 Å². The summed E-state index contributed by atoms with van der Waals surface area (Å²) in [5, 5.41) is 16.5. The molecule has 6 heteroatoms. The molecule has 2 heterocycles. The summed E-state index contributed by atoms with van der Waals surface area (Å²) in [5.41, 5.74) is 4.50. The summed E-state index contributed by atoms with van der Waals surface area (Å²) in [5.74, 6) is 0.0228. The van der Waals surface area contributed by atoms with Crippen LogP contribution in [0.3, 0.4) is 0 Å². The number of aromatic nitrogens is 3. The van der Waals surface area contributed by atoms with Crippen molar-refractivity contribution in [2.75, 3.05) is 7.11 Å². The van der Waals surface area contributed by atoms with Gasteiger partial charge in [-0.1, -0.05) is 0 Å². The highest BCUT2D eigenvalue weighted by Gasteiger charge is 2.14. The van der Waals surface area contributed by atoms with Crippen molar-refractivity contribution in [1.82, 2.24) is 14.3 Å². The molecule has 0 spiro atoms. The molecule has 0 fully saturated rings. The number of ether oxygens (including phenoxy) is 1. The molecule has 0 aliphatic heterocycles. The predicted molar refractivity (Wildman–Crippen MR) is 116 cm³/mol. The van der Waals surface area contributed by atoms with Gasteiger partial charge >= 0.3 is 0 Å². The highest BCUT2D eigenvalue weighted by atomic mass is 19.1. The summed E-state index contributed by atoms with van der Waals surface area (Å²) in [6.07, 6.45) is 1.70. The zero-order valence-electron chi connectivity index (χ0n) is 16.6. The minimum atomic E-state index is -0.417. The van der Waals surface area contributed by atoms with Gasteiger partial charge < -0.3 is 14.4 Å². The van der Waals surface area contributed by atoms with E-state index in [1.165, 1.54) is 13.2 Å². The van der Waals surface area contributed by atoms with E-state index in [9.17, 15) is 9.50 Å². The van der Waals surface area contributed by atoms with Crippen LogP contribution in [0.5, 0.6) is 11.5 Å². The van der Waals surface area contributed by atoms with E-state index < -0.39 is 5.82 Å². The van der Waals surface area contributed by atoms with Crippen molar-refractivity contribution in [3.05, 3.63) is 72.7 Å². The Bertz CT molecular complexity index is 1400. The van der Waals surface area contributed by atoms with E-state index >= 15 is 0 Å². The molecular formula is C24H20FN3O2. The fourth-order valence-corrected chi connectivity index (χ4v) is 4.11. The monoisotopic (exact) mass is 401 g/mol. The van der Waals surface area contributed by atoms with Crippen LogP contribution in [0.25, 0.3) is 38.8 Å². The third kappa shape index (κ3) is 2.72. The lowest BCUT2D eigenvalue weighted by Crippen LogP contribution is -2.00. The maximum absolute atomic E-state index is 14.3. The molecule has 0 unspecified atom stereocenters. The summed E-state index contributed by atoms with van der Waals surface area (Å²) < 4.78 is 23.3. The number of nitrogens with zero attached hydrogens (tertiary/aromatic N) is 3. The number of fused-ring (bicyclic) bond motifs is 3. The summed E-state index contributed by atoms with van der Waals surface area (Å²) in [7, 11) is 1.45. The second-order valence-corrected chi connectivity index (χ2v) is 7.12. The van der Waals surface area contributed by atoms with Gasteiger partial charge in [-0.15, -0.1) is 0 Å². The lowest BCUT2D eigenvalue weighted by atomic mass is 10.1. The zero-order chi connectivity index (χ0) is 20.8. The number of hydrogen-bond acceptors (Lipinski definition) is 3. The Morgan fingerprint density at radius 2 is 1.73 bits per heavy atom. The van der Waals surface area contributed by atoms with Crippen LogP contribution in [0.2, 0.25) is 0 Å². The smallest absolute Gasteiger partial charge is 0.165 e. The number of phenols is 1. The van der Waals surface area contributed by atoms with Gasteiger partial charge in [0.1, 0.15) is 5.75 Å². The van der Waals surface area contributed by atoms with Crippen LogP contribution in [0.1, 0.15) is 6.92 Å². The van der Waals surface area contributed by atoms with E-state index in [2.05, 4.69) is 28.7 Å². The van der Waals surface area contributed by atoms with Crippen LogP contribution in [0.15, 0.2) is 66.9 Å². The number of methoxy groups -OCH3 is 1. The minimum absolute atomic E-state index is 0.207. The first-order valence-electron chi connectivity index (χ1n) is 9.74. The van der Waals surface area contributed by atoms with E-state index in [4.69, 9.17) is 4.74 Å². The quantitative estimate of drug-likeness (QED) is 0.431. The second-order valence-electron chi connectivity index (χ2n) is 7.12. The Balaban J connectivity index is 1.70. The van der Waals surface area contributed by atoms with Gasteiger partial charge in [0.25, 0.3) is 0 Å². The van der Waals surface area contributed by atoms with Crippen LogP contribution in [0, 0.1) is 5.82 Å². The van der Waals surface area contributed by atoms with Gasteiger partial charge in [0.2, 0.25) is 0 Å². The van der Waals surface area contributed by atoms with Gasteiger partial charge in [0.05, 0.1) is 24.7 Å². The summed E-state index contributed by atoms with van der Waals surface area (Å²) in [4.78, 5) is 0. The molecule has 0 amide bonds. The van der Waals surface area contributed by atoms with Crippen LogP contribution in [-0.4, -0.2) is 26.6 Å². The maximum atomic E-state index is 14.3. The molecule has 3 aromatic carbocycles. The second kappa shape index (κ2) is 6.91. The highest BCUT2D eigenvalue weighted by Crippen LogP contribution is 2.34. The van der Waals surface area contributed by atoms with Crippen molar-refractivity contribution in [3.63, 3.8) is 0 Å². The molecule has 0 aliphatic carbocycles. The summed E-state index contributed by atoms with van der Waals surface area (Å²) in [6, 6.07) is 18.3. The molecule has 30 heavy (non-hydrogen) atoms. The molecule has 0 radical (unpaired) electrons. The Kier molecular flexibility index (Phi) is 4.20. The Morgan fingerprint density at radius 3 is 2.47 bits per heavy atom. The van der Waals surface area contributed by atoms with Crippen molar-refractivity contribution >= 4 is 21.8 Å². The molecule has 0 aliphatic rings. The zero-order valence-corrected chi connectivity index (χ0v) is 16.6. The molecule has 0 saturated carbocycles. The minimum Gasteiger partial charge on any atom is -0.508 e. The molecule has 0 saturated heterocycles. The molecule has 2 aromatic heterocycles. The standard InChI is InChI=1S/C24H20FN3O2/c1-3-27-22-7-5-16(13-18(22)19-14-17(29)6-8-23(19)27)28-21(10-11-26-28)15-4-9-24(30-2)20(25)12-15/h4-14,29H,3H2,1-2H3. The van der Waals surface area contributed by atoms with Crippen LogP contribution in [-0.2, 0) is 6.54 Å². The third-order valence-electron chi connectivity index (χ3n) is 5.48. The highest BCUT2D eigenvalue weighted by molar-refractivity contribution is 6.09. The SMILES string of the molecule is CCn1c2ccc(O)cc2c2cc(-n3nccc3-c3ccc(OC)c(F)c3)ccc21. The average Bonchev–Trinajstić information content (AvgIpc) is 3.36. The van der Waals surface area contributed by atoms with Crippen molar-refractivity contribution in [2.24, 2.45) is 0 Å². The number of phenolic OH excluding ortho intramolecular Hbond substituents is 1. The van der Waals surface area contributed by atoms with E-state index in [1.807, 2.05) is 24.3 Å². The average molecular weight is 401 g/mol. The van der Waals surface area contributed by atoms with E-state index in [0.717, 1.165) is 39.7 Å². The first kappa shape index (κ1) is 18.2. The lowest BCUT2D eigenvalue weighted by molar-refractivity contribution is 0.386. The van der Waals surface area contributed by atoms with Crippen LogP contribution < -0.4 is 4.74 Å². The van der Waals surface area contributed by atoms with Crippen molar-refractivity contribution in [1.29, 1.82) is 0 Å². The number of hydrogen-bond donors (Lipinski definition) is 1. The summed E-state index contributed by atoms with van der Waals surface area (Å²) >= 11 is 0. The summed E-state index contributed by atoms with van der Waals surface area (Å²) in [6.45, 7) is 2.92. The number of rotatable bonds is 4. The molecule has 0 bridgehead atoms. The van der Waals surface area contributed by atoms with Gasteiger partial charge in [-0.2, -0.15) is 5.10 Å². The first-order chi connectivity index (χ1) is 14.6. The van der Waals surface area contributed by atoms with Gasteiger partial charge in [0.15, 0.2) is 11.6 Å². The Labute approximate surface area is 172 Å². The van der Waals surface area contributed by atoms with Gasteiger partial charge in [-0.25, -0.2) is 9.07 Å².